The minimum absolute atomic E-state index is 0.0641. The first-order valence-electron chi connectivity index (χ1n) is 7.22. The molecule has 0 unspecified atom stereocenters. The summed E-state index contributed by atoms with van der Waals surface area (Å²) in [5.74, 6) is 5.62. The highest BCUT2D eigenvalue weighted by Crippen LogP contribution is 2.26. The Balaban J connectivity index is 1.72. The molecule has 3 heterocycles. The van der Waals surface area contributed by atoms with Crippen LogP contribution in [0.5, 0.6) is 0 Å². The molecule has 1 saturated heterocycles. The smallest absolute Gasteiger partial charge is 0.298 e. The van der Waals surface area contributed by atoms with E-state index in [4.69, 9.17) is 4.98 Å². The molecule has 0 radical (unpaired) electrons. The molecule has 0 spiro atoms. The summed E-state index contributed by atoms with van der Waals surface area (Å²) in [5.41, 5.74) is 2.95. The molecule has 1 aliphatic rings. The Morgan fingerprint density at radius 3 is 2.86 bits per heavy atom. The minimum Gasteiger partial charge on any atom is -0.332 e. The van der Waals surface area contributed by atoms with E-state index in [2.05, 4.69) is 16.9 Å². The average Bonchev–Trinajstić information content (AvgIpc) is 2.86. The van der Waals surface area contributed by atoms with Crippen molar-refractivity contribution in [2.24, 2.45) is 0 Å². The second kappa shape index (κ2) is 5.57. The van der Waals surface area contributed by atoms with E-state index in [0.717, 1.165) is 43.0 Å². The maximum atomic E-state index is 11.7. The normalized spacial score (nSPS) is 15.8. The first-order valence-corrected chi connectivity index (χ1v) is 7.22. The van der Waals surface area contributed by atoms with Crippen LogP contribution in [0.3, 0.4) is 0 Å². The molecule has 5 heteroatoms. The third kappa shape index (κ3) is 2.75. The minimum atomic E-state index is -0.0641. The molecule has 2 aromatic heterocycles. The van der Waals surface area contributed by atoms with E-state index < -0.39 is 0 Å². The predicted molar refractivity (Wildman–Crippen MR) is 79.7 cm³/mol. The third-order valence-electron chi connectivity index (χ3n) is 3.90. The Morgan fingerprint density at radius 1 is 1.38 bits per heavy atom. The standard InChI is InChI=1S/C16H18N4O/c1-3-4-16(21)19-8-5-13(6-9-19)14-7-10-20-15(17-14)11-12(2)18-20/h7,10-11,13H,5-6,8-9H2,1-2H3. The summed E-state index contributed by atoms with van der Waals surface area (Å²) in [6, 6.07) is 4.02. The van der Waals surface area contributed by atoms with Crippen LogP contribution in [0.1, 0.15) is 37.1 Å². The fraction of sp³-hybridized carbons (Fsp3) is 0.438. The van der Waals surface area contributed by atoms with E-state index in [1.165, 1.54) is 0 Å². The van der Waals surface area contributed by atoms with Crippen molar-refractivity contribution in [3.63, 3.8) is 0 Å². The molecule has 0 atom stereocenters. The summed E-state index contributed by atoms with van der Waals surface area (Å²) in [4.78, 5) is 18.3. The number of likely N-dealkylation sites (tertiary alicyclic amines) is 1. The van der Waals surface area contributed by atoms with Gasteiger partial charge in [-0.25, -0.2) is 9.50 Å². The lowest BCUT2D eigenvalue weighted by Gasteiger charge is -2.30. The van der Waals surface area contributed by atoms with E-state index in [-0.39, 0.29) is 5.91 Å². The van der Waals surface area contributed by atoms with Crippen molar-refractivity contribution in [1.29, 1.82) is 0 Å². The number of amides is 1. The van der Waals surface area contributed by atoms with Gasteiger partial charge in [-0.2, -0.15) is 5.10 Å². The SMILES string of the molecule is CC#CC(=O)N1CCC(c2ccn3nc(C)cc3n2)CC1. The zero-order valence-electron chi connectivity index (χ0n) is 12.3. The Labute approximate surface area is 124 Å². The number of hydrogen-bond acceptors (Lipinski definition) is 3. The van der Waals surface area contributed by atoms with Crippen LogP contribution in [-0.4, -0.2) is 38.5 Å². The van der Waals surface area contributed by atoms with Crippen LogP contribution < -0.4 is 0 Å². The lowest BCUT2D eigenvalue weighted by Crippen LogP contribution is -2.37. The highest BCUT2D eigenvalue weighted by Gasteiger charge is 2.24. The predicted octanol–water partition coefficient (Wildman–Crippen LogP) is 1.77. The Hall–Kier alpha value is -2.35. The van der Waals surface area contributed by atoms with E-state index in [9.17, 15) is 4.79 Å². The van der Waals surface area contributed by atoms with Crippen LogP contribution in [0.25, 0.3) is 5.65 Å². The largest absolute Gasteiger partial charge is 0.332 e. The van der Waals surface area contributed by atoms with Gasteiger partial charge in [0.2, 0.25) is 0 Å². The van der Waals surface area contributed by atoms with Gasteiger partial charge in [-0.15, -0.1) is 0 Å². The van der Waals surface area contributed by atoms with Crippen molar-refractivity contribution in [2.75, 3.05) is 13.1 Å². The van der Waals surface area contributed by atoms with E-state index in [1.807, 2.05) is 30.2 Å². The Morgan fingerprint density at radius 2 is 2.14 bits per heavy atom. The highest BCUT2D eigenvalue weighted by molar-refractivity contribution is 5.93. The first kappa shape index (κ1) is 13.6. The zero-order valence-corrected chi connectivity index (χ0v) is 12.3. The summed E-state index contributed by atoms with van der Waals surface area (Å²) in [6.45, 7) is 5.16. The van der Waals surface area contributed by atoms with Gasteiger partial charge in [0, 0.05) is 37.0 Å². The third-order valence-corrected chi connectivity index (χ3v) is 3.90. The van der Waals surface area contributed by atoms with Crippen LogP contribution >= 0.6 is 0 Å². The summed E-state index contributed by atoms with van der Waals surface area (Å²) in [5, 5.41) is 4.34. The van der Waals surface area contributed by atoms with Crippen LogP contribution in [0, 0.1) is 18.8 Å². The average molecular weight is 282 g/mol. The maximum Gasteiger partial charge on any atom is 0.298 e. The molecular weight excluding hydrogens is 264 g/mol. The van der Waals surface area contributed by atoms with Crippen LogP contribution in [0.4, 0.5) is 0 Å². The molecule has 3 rings (SSSR count). The second-order valence-corrected chi connectivity index (χ2v) is 5.38. The molecule has 0 aromatic carbocycles. The molecule has 0 N–H and O–H groups in total. The number of nitrogens with zero attached hydrogens (tertiary/aromatic N) is 4. The number of carbonyl (C=O) groups is 1. The Bertz CT molecular complexity index is 730. The zero-order chi connectivity index (χ0) is 14.8. The molecular formula is C16H18N4O. The number of piperidine rings is 1. The number of rotatable bonds is 1. The van der Waals surface area contributed by atoms with Gasteiger partial charge in [-0.05, 0) is 38.7 Å². The van der Waals surface area contributed by atoms with Crippen molar-refractivity contribution in [3.8, 4) is 11.8 Å². The van der Waals surface area contributed by atoms with Crippen molar-refractivity contribution < 1.29 is 4.79 Å². The van der Waals surface area contributed by atoms with Crippen LogP contribution in [0.15, 0.2) is 18.3 Å². The fourth-order valence-electron chi connectivity index (χ4n) is 2.80. The van der Waals surface area contributed by atoms with Crippen molar-refractivity contribution in [2.45, 2.75) is 32.6 Å². The van der Waals surface area contributed by atoms with Crippen LogP contribution in [0.2, 0.25) is 0 Å². The molecule has 1 fully saturated rings. The maximum absolute atomic E-state index is 11.7. The molecule has 1 amide bonds. The summed E-state index contributed by atoms with van der Waals surface area (Å²) < 4.78 is 1.80. The quantitative estimate of drug-likeness (QED) is 0.749. The lowest BCUT2D eigenvalue weighted by molar-refractivity contribution is -0.126. The fourth-order valence-corrected chi connectivity index (χ4v) is 2.80. The molecule has 0 bridgehead atoms. The first-order chi connectivity index (χ1) is 10.2. The number of hydrogen-bond donors (Lipinski definition) is 0. The monoisotopic (exact) mass is 282 g/mol. The van der Waals surface area contributed by atoms with Gasteiger partial charge in [0.25, 0.3) is 5.91 Å². The van der Waals surface area contributed by atoms with Gasteiger partial charge >= 0.3 is 0 Å². The summed E-state index contributed by atoms with van der Waals surface area (Å²) >= 11 is 0. The van der Waals surface area contributed by atoms with Crippen molar-refractivity contribution in [1.82, 2.24) is 19.5 Å². The second-order valence-electron chi connectivity index (χ2n) is 5.38. The molecule has 21 heavy (non-hydrogen) atoms. The molecule has 2 aromatic rings. The molecule has 1 aliphatic heterocycles. The number of aromatic nitrogens is 3. The van der Waals surface area contributed by atoms with Crippen LogP contribution in [-0.2, 0) is 4.79 Å². The molecule has 5 nitrogen and oxygen atoms in total. The van der Waals surface area contributed by atoms with Gasteiger partial charge in [0.05, 0.1) is 5.69 Å². The Kier molecular flexibility index (Phi) is 3.61. The van der Waals surface area contributed by atoms with Crippen molar-refractivity contribution >= 4 is 11.6 Å². The summed E-state index contributed by atoms with van der Waals surface area (Å²) in [6.07, 6.45) is 3.84. The topological polar surface area (TPSA) is 50.5 Å². The van der Waals surface area contributed by atoms with E-state index in [1.54, 1.807) is 11.4 Å². The molecule has 0 saturated carbocycles. The number of carbonyl (C=O) groups excluding carboxylic acids is 1. The molecule has 108 valence electrons. The van der Waals surface area contributed by atoms with E-state index >= 15 is 0 Å². The van der Waals surface area contributed by atoms with Gasteiger partial charge in [0.15, 0.2) is 5.65 Å². The van der Waals surface area contributed by atoms with Gasteiger partial charge in [-0.1, -0.05) is 5.92 Å². The number of fused-ring (bicyclic) bond motifs is 1. The van der Waals surface area contributed by atoms with E-state index in [0.29, 0.717) is 5.92 Å². The highest BCUT2D eigenvalue weighted by atomic mass is 16.2. The summed E-state index contributed by atoms with van der Waals surface area (Å²) in [7, 11) is 0. The van der Waals surface area contributed by atoms with Gasteiger partial charge < -0.3 is 4.90 Å². The van der Waals surface area contributed by atoms with Crippen molar-refractivity contribution in [3.05, 3.63) is 29.7 Å². The van der Waals surface area contributed by atoms with Gasteiger partial charge in [-0.3, -0.25) is 4.79 Å². The molecule has 0 aliphatic carbocycles. The van der Waals surface area contributed by atoms with Gasteiger partial charge in [0.1, 0.15) is 0 Å². The number of aryl methyl sites for hydroxylation is 1. The lowest BCUT2D eigenvalue weighted by atomic mass is 9.93.